The lowest BCUT2D eigenvalue weighted by Gasteiger charge is -2.19. The largest absolute Gasteiger partial charge is 0.482 e. The molecule has 28 heavy (non-hydrogen) atoms. The van der Waals surface area contributed by atoms with Crippen LogP contribution in [0.5, 0.6) is 5.75 Å². The Labute approximate surface area is 168 Å². The minimum Gasteiger partial charge on any atom is -0.482 e. The van der Waals surface area contributed by atoms with Crippen LogP contribution in [0.2, 0.25) is 5.02 Å². The summed E-state index contributed by atoms with van der Waals surface area (Å²) < 4.78 is 30.8. The molecule has 148 valence electrons. The molecular weight excluding hydrogens is 404 g/mol. The topological polar surface area (TPSA) is 102 Å². The highest BCUT2D eigenvalue weighted by molar-refractivity contribution is 7.92. The average Bonchev–Trinajstić information content (AvgIpc) is 2.66. The maximum Gasteiger partial charge on any atom is 0.262 e. The number of hydrogen-bond donors (Lipinski definition) is 2. The quantitative estimate of drug-likeness (QED) is 0.744. The number of ether oxygens (including phenoxy) is 1. The highest BCUT2D eigenvalue weighted by Crippen LogP contribution is 2.31. The van der Waals surface area contributed by atoms with Crippen molar-refractivity contribution in [3.8, 4) is 5.75 Å². The van der Waals surface area contributed by atoms with E-state index in [1.807, 2.05) is 0 Å². The molecule has 7 nitrogen and oxygen atoms in total. The fourth-order valence-corrected chi connectivity index (χ4v) is 4.22. The first-order valence-electron chi connectivity index (χ1n) is 8.57. The molecule has 2 aromatic carbocycles. The van der Waals surface area contributed by atoms with Gasteiger partial charge in [-0.05, 0) is 42.8 Å². The van der Waals surface area contributed by atoms with Gasteiger partial charge in [-0.25, -0.2) is 8.42 Å². The van der Waals surface area contributed by atoms with Crippen LogP contribution >= 0.6 is 11.6 Å². The molecule has 0 aromatic heterocycles. The van der Waals surface area contributed by atoms with Crippen molar-refractivity contribution in [2.45, 2.75) is 30.0 Å². The van der Waals surface area contributed by atoms with Gasteiger partial charge in [-0.3, -0.25) is 9.59 Å². The third-order valence-corrected chi connectivity index (χ3v) is 6.71. The van der Waals surface area contributed by atoms with E-state index in [0.29, 0.717) is 16.5 Å². The zero-order valence-electron chi connectivity index (χ0n) is 15.1. The summed E-state index contributed by atoms with van der Waals surface area (Å²) in [5.41, 5.74) is 1.16. The molecule has 3 rings (SSSR count). The Morgan fingerprint density at radius 1 is 1.25 bits per heavy atom. The summed E-state index contributed by atoms with van der Waals surface area (Å²) >= 11 is 5.82. The number of rotatable bonds is 6. The van der Waals surface area contributed by atoms with Gasteiger partial charge in [0.2, 0.25) is 5.91 Å². The summed E-state index contributed by atoms with van der Waals surface area (Å²) in [6, 6.07) is 11.3. The lowest BCUT2D eigenvalue weighted by atomic mass is 10.2. The second-order valence-corrected chi connectivity index (χ2v) is 9.26. The highest BCUT2D eigenvalue weighted by atomic mass is 35.5. The van der Waals surface area contributed by atoms with Crippen LogP contribution < -0.4 is 15.4 Å². The molecule has 0 saturated carbocycles. The van der Waals surface area contributed by atoms with Gasteiger partial charge in [0.05, 0.1) is 15.8 Å². The number of sulfone groups is 1. The Hall–Kier alpha value is -2.58. The number of benzene rings is 2. The van der Waals surface area contributed by atoms with Gasteiger partial charge in [0.15, 0.2) is 16.4 Å². The van der Waals surface area contributed by atoms with Crippen molar-refractivity contribution in [1.82, 2.24) is 5.32 Å². The van der Waals surface area contributed by atoms with Gasteiger partial charge in [-0.1, -0.05) is 23.7 Å². The summed E-state index contributed by atoms with van der Waals surface area (Å²) in [6.07, 6.45) is -0.185. The van der Waals surface area contributed by atoms with E-state index in [4.69, 9.17) is 16.3 Å². The minimum atomic E-state index is -3.76. The van der Waals surface area contributed by atoms with Gasteiger partial charge >= 0.3 is 0 Å². The van der Waals surface area contributed by atoms with Crippen LogP contribution in [0.25, 0.3) is 0 Å². The summed E-state index contributed by atoms with van der Waals surface area (Å²) in [6.45, 7) is 1.65. The van der Waals surface area contributed by atoms with E-state index in [0.717, 1.165) is 5.56 Å². The van der Waals surface area contributed by atoms with Gasteiger partial charge in [0.25, 0.3) is 5.91 Å². The lowest BCUT2D eigenvalue weighted by Crippen LogP contribution is -2.30. The number of fused-ring (bicyclic) bond motifs is 1. The summed E-state index contributed by atoms with van der Waals surface area (Å²) in [5.74, 6) is -0.316. The monoisotopic (exact) mass is 422 g/mol. The highest BCUT2D eigenvalue weighted by Gasteiger charge is 2.27. The van der Waals surface area contributed by atoms with Crippen LogP contribution in [0.15, 0.2) is 47.4 Å². The Balaban J connectivity index is 1.64. The maximum atomic E-state index is 12.8. The van der Waals surface area contributed by atoms with Crippen molar-refractivity contribution in [3.05, 3.63) is 53.1 Å². The Morgan fingerprint density at radius 2 is 1.96 bits per heavy atom. The molecule has 1 aliphatic rings. The Kier molecular flexibility index (Phi) is 5.90. The Morgan fingerprint density at radius 3 is 2.68 bits per heavy atom. The molecule has 0 fully saturated rings. The van der Waals surface area contributed by atoms with Gasteiger partial charge in [-0.15, -0.1) is 0 Å². The molecule has 0 aliphatic carbocycles. The predicted octanol–water partition coefficient (Wildman–Crippen LogP) is 2.54. The van der Waals surface area contributed by atoms with E-state index >= 15 is 0 Å². The number of hydrogen-bond acceptors (Lipinski definition) is 5. The van der Waals surface area contributed by atoms with Crippen molar-refractivity contribution in [2.24, 2.45) is 0 Å². The van der Waals surface area contributed by atoms with E-state index in [2.05, 4.69) is 10.6 Å². The molecule has 0 unspecified atom stereocenters. The second-order valence-electron chi connectivity index (χ2n) is 6.46. The zero-order valence-corrected chi connectivity index (χ0v) is 16.6. The van der Waals surface area contributed by atoms with Crippen molar-refractivity contribution < 1.29 is 22.7 Å². The van der Waals surface area contributed by atoms with E-state index < -0.39 is 15.1 Å². The number of nitrogens with one attached hydrogen (secondary N) is 2. The van der Waals surface area contributed by atoms with Crippen LogP contribution in [0.1, 0.15) is 18.9 Å². The van der Waals surface area contributed by atoms with Gasteiger partial charge in [-0.2, -0.15) is 0 Å². The fraction of sp³-hybridized carbons (Fsp3) is 0.263. The first-order chi connectivity index (χ1) is 13.3. The molecule has 0 radical (unpaired) electrons. The molecule has 2 amide bonds. The fourth-order valence-electron chi connectivity index (χ4n) is 2.72. The number of amides is 2. The van der Waals surface area contributed by atoms with Crippen LogP contribution in [0.3, 0.4) is 0 Å². The molecule has 2 N–H and O–H groups in total. The molecule has 1 aliphatic heterocycles. The summed E-state index contributed by atoms with van der Waals surface area (Å²) in [7, 11) is -3.76. The van der Waals surface area contributed by atoms with E-state index in [9.17, 15) is 18.0 Å². The summed E-state index contributed by atoms with van der Waals surface area (Å²) in [4.78, 5) is 23.6. The van der Waals surface area contributed by atoms with E-state index in [-0.39, 0.29) is 36.3 Å². The lowest BCUT2D eigenvalue weighted by molar-refractivity contribution is -0.121. The number of anilines is 1. The number of carbonyl (C=O) groups excluding carboxylic acids is 2. The molecular formula is C19H19ClN2O5S. The normalized spacial score (nSPS) is 14.4. The minimum absolute atomic E-state index is 0.0232. The molecule has 0 saturated heterocycles. The van der Waals surface area contributed by atoms with Crippen LogP contribution in [0.4, 0.5) is 5.69 Å². The van der Waals surface area contributed by atoms with Crippen LogP contribution in [-0.4, -0.2) is 32.1 Å². The van der Waals surface area contributed by atoms with Crippen LogP contribution in [-0.2, 0) is 26.0 Å². The number of carbonyl (C=O) groups is 2. The molecule has 0 bridgehead atoms. The first-order valence-corrected chi connectivity index (χ1v) is 10.5. The second kappa shape index (κ2) is 8.20. The molecule has 9 heteroatoms. The third kappa shape index (κ3) is 4.63. The third-order valence-electron chi connectivity index (χ3n) is 4.32. The van der Waals surface area contributed by atoms with Gasteiger partial charge < -0.3 is 15.4 Å². The van der Waals surface area contributed by atoms with Crippen molar-refractivity contribution in [1.29, 1.82) is 0 Å². The van der Waals surface area contributed by atoms with Gasteiger partial charge in [0, 0.05) is 18.0 Å². The standard InChI is InChI=1S/C19H19ClN2O5S/c1-12(8-18(23)21-10-13-2-4-14(20)5-3-13)28(25,26)15-6-7-17-16(9-15)22-19(24)11-27-17/h2-7,9,12H,8,10-11H2,1H3,(H,21,23)(H,22,24)/t12-/m1/s1. The summed E-state index contributed by atoms with van der Waals surface area (Å²) in [5, 5.41) is 4.95. The number of halogens is 1. The molecule has 2 aromatic rings. The molecule has 0 spiro atoms. The van der Waals surface area contributed by atoms with Crippen molar-refractivity contribution >= 4 is 38.9 Å². The Bertz CT molecular complexity index is 1010. The maximum absolute atomic E-state index is 12.8. The van der Waals surface area contributed by atoms with Crippen LogP contribution in [0, 0.1) is 0 Å². The van der Waals surface area contributed by atoms with Crippen molar-refractivity contribution in [2.75, 3.05) is 11.9 Å². The van der Waals surface area contributed by atoms with Gasteiger partial charge in [0.1, 0.15) is 5.75 Å². The molecule has 1 heterocycles. The van der Waals surface area contributed by atoms with E-state index in [1.54, 1.807) is 24.3 Å². The van der Waals surface area contributed by atoms with E-state index in [1.165, 1.54) is 25.1 Å². The average molecular weight is 423 g/mol. The SMILES string of the molecule is C[C@H](CC(=O)NCc1ccc(Cl)cc1)S(=O)(=O)c1ccc2c(c1)NC(=O)CO2. The first kappa shape index (κ1) is 20.2. The zero-order chi connectivity index (χ0) is 20.3. The smallest absolute Gasteiger partial charge is 0.262 e. The predicted molar refractivity (Wildman–Crippen MR) is 105 cm³/mol. The van der Waals surface area contributed by atoms with Crippen molar-refractivity contribution in [3.63, 3.8) is 0 Å². The molecule has 1 atom stereocenters.